The van der Waals surface area contributed by atoms with Crippen molar-refractivity contribution in [1.82, 2.24) is 14.6 Å². The van der Waals surface area contributed by atoms with Gasteiger partial charge < -0.3 is 5.32 Å². The minimum Gasteiger partial charge on any atom is -0.352 e. The molecule has 1 aromatic carbocycles. The molecule has 28 heavy (non-hydrogen) atoms. The normalized spacial score (nSPS) is 18.0. The molecule has 0 bridgehead atoms. The van der Waals surface area contributed by atoms with Gasteiger partial charge in [-0.15, -0.1) is 0 Å². The smallest absolute Gasteiger partial charge is 0.224 e. The maximum Gasteiger partial charge on any atom is 0.224 e. The van der Waals surface area contributed by atoms with Gasteiger partial charge in [-0.05, 0) is 36.6 Å². The lowest BCUT2D eigenvalue weighted by molar-refractivity contribution is -0.126. The largest absolute Gasteiger partial charge is 0.352 e. The summed E-state index contributed by atoms with van der Waals surface area (Å²) in [6.45, 7) is 0.908. The summed E-state index contributed by atoms with van der Waals surface area (Å²) >= 11 is 12.2. The highest BCUT2D eigenvalue weighted by Crippen LogP contribution is 2.29. The van der Waals surface area contributed by atoms with Crippen LogP contribution in [0.3, 0.4) is 0 Å². The van der Waals surface area contributed by atoms with Crippen molar-refractivity contribution in [3.63, 3.8) is 0 Å². The molecule has 1 amide bonds. The number of carbonyl (C=O) groups is 1. The molecule has 0 aliphatic carbocycles. The van der Waals surface area contributed by atoms with E-state index in [0.717, 1.165) is 5.56 Å². The summed E-state index contributed by atoms with van der Waals surface area (Å²) in [5, 5.41) is 3.50. The zero-order valence-electron chi connectivity index (χ0n) is 15.1. The van der Waals surface area contributed by atoms with Gasteiger partial charge in [0, 0.05) is 47.6 Å². The number of piperidine rings is 1. The van der Waals surface area contributed by atoms with Crippen LogP contribution >= 0.6 is 23.2 Å². The van der Waals surface area contributed by atoms with Crippen molar-refractivity contribution in [2.45, 2.75) is 25.1 Å². The number of nitrogens with zero attached hydrogens (tertiary/aromatic N) is 2. The van der Waals surface area contributed by atoms with Crippen molar-refractivity contribution in [2.24, 2.45) is 5.92 Å². The molecule has 3 rings (SSSR count). The van der Waals surface area contributed by atoms with Crippen molar-refractivity contribution >= 4 is 39.1 Å². The molecular formula is C19H21Cl2N3O3S. The van der Waals surface area contributed by atoms with E-state index in [1.54, 1.807) is 36.7 Å². The lowest BCUT2D eigenvalue weighted by atomic mass is 9.99. The molecule has 1 aromatic heterocycles. The summed E-state index contributed by atoms with van der Waals surface area (Å²) in [6.07, 6.45) is 4.63. The van der Waals surface area contributed by atoms with E-state index in [0.29, 0.717) is 41.5 Å². The van der Waals surface area contributed by atoms with Gasteiger partial charge in [0.2, 0.25) is 15.9 Å². The van der Waals surface area contributed by atoms with Crippen LogP contribution in [-0.4, -0.2) is 36.7 Å². The molecule has 1 N–H and O–H groups in total. The molecule has 0 spiro atoms. The zero-order chi connectivity index (χ0) is 20.1. The van der Waals surface area contributed by atoms with Gasteiger partial charge in [0.05, 0.1) is 11.7 Å². The number of halogens is 2. The predicted molar refractivity (Wildman–Crippen MR) is 109 cm³/mol. The maximum atomic E-state index is 12.9. The maximum absolute atomic E-state index is 12.9. The van der Waals surface area contributed by atoms with Crippen LogP contribution in [0.15, 0.2) is 42.7 Å². The van der Waals surface area contributed by atoms with E-state index in [2.05, 4.69) is 10.3 Å². The second-order valence-corrected chi connectivity index (χ2v) is 9.52. The third-order valence-corrected chi connectivity index (χ3v) is 7.21. The Morgan fingerprint density at radius 3 is 2.64 bits per heavy atom. The first-order valence-corrected chi connectivity index (χ1v) is 11.3. The number of benzene rings is 1. The Morgan fingerprint density at radius 1 is 1.21 bits per heavy atom. The average molecular weight is 442 g/mol. The first kappa shape index (κ1) is 21.0. The molecule has 1 aliphatic heterocycles. The molecule has 150 valence electrons. The minimum absolute atomic E-state index is 0.153. The van der Waals surface area contributed by atoms with E-state index < -0.39 is 10.0 Å². The van der Waals surface area contributed by atoms with Crippen LogP contribution < -0.4 is 5.32 Å². The number of sulfonamides is 1. The van der Waals surface area contributed by atoms with Gasteiger partial charge in [0.1, 0.15) is 0 Å². The van der Waals surface area contributed by atoms with E-state index in [4.69, 9.17) is 23.2 Å². The van der Waals surface area contributed by atoms with Crippen LogP contribution in [0, 0.1) is 5.92 Å². The summed E-state index contributed by atoms with van der Waals surface area (Å²) < 4.78 is 27.1. The highest BCUT2D eigenvalue weighted by Gasteiger charge is 2.33. The van der Waals surface area contributed by atoms with Crippen LogP contribution in [0.5, 0.6) is 0 Å². The Morgan fingerprint density at radius 2 is 1.96 bits per heavy atom. The molecule has 1 atom stereocenters. The Kier molecular flexibility index (Phi) is 6.93. The van der Waals surface area contributed by atoms with Crippen molar-refractivity contribution in [2.75, 3.05) is 13.1 Å². The molecule has 2 aromatic rings. The number of hydrogen-bond acceptors (Lipinski definition) is 4. The second-order valence-electron chi connectivity index (χ2n) is 6.73. The van der Waals surface area contributed by atoms with Gasteiger partial charge in [-0.3, -0.25) is 9.78 Å². The van der Waals surface area contributed by atoms with Gasteiger partial charge in [0.15, 0.2) is 0 Å². The summed E-state index contributed by atoms with van der Waals surface area (Å²) in [4.78, 5) is 16.5. The lowest BCUT2D eigenvalue weighted by Crippen LogP contribution is -2.45. The van der Waals surface area contributed by atoms with E-state index in [9.17, 15) is 13.2 Å². The Labute approximate surface area is 174 Å². The third kappa shape index (κ3) is 5.23. The molecule has 0 saturated carbocycles. The molecule has 1 aliphatic rings. The van der Waals surface area contributed by atoms with Crippen LogP contribution in [0.2, 0.25) is 10.0 Å². The number of hydrogen-bond donors (Lipinski definition) is 1. The minimum atomic E-state index is -3.64. The summed E-state index contributed by atoms with van der Waals surface area (Å²) in [7, 11) is -3.64. The quantitative estimate of drug-likeness (QED) is 0.745. The molecule has 2 heterocycles. The Hall–Kier alpha value is -1.67. The van der Waals surface area contributed by atoms with Gasteiger partial charge in [-0.2, -0.15) is 0 Å². The summed E-state index contributed by atoms with van der Waals surface area (Å²) in [6, 6.07) is 8.57. The molecular weight excluding hydrogens is 421 g/mol. The topological polar surface area (TPSA) is 79.4 Å². The zero-order valence-corrected chi connectivity index (χ0v) is 17.5. The second kappa shape index (κ2) is 9.22. The first-order chi connectivity index (χ1) is 13.4. The fourth-order valence-electron chi connectivity index (χ4n) is 3.19. The van der Waals surface area contributed by atoms with E-state index in [1.807, 2.05) is 6.07 Å². The van der Waals surface area contributed by atoms with Crippen molar-refractivity contribution in [3.05, 3.63) is 63.9 Å². The number of carbonyl (C=O) groups excluding carboxylic acids is 1. The highest BCUT2D eigenvalue weighted by atomic mass is 35.5. The molecule has 0 unspecified atom stereocenters. The number of nitrogens with one attached hydrogen (secondary N) is 1. The van der Waals surface area contributed by atoms with Crippen LogP contribution in [0.4, 0.5) is 0 Å². The van der Waals surface area contributed by atoms with E-state index >= 15 is 0 Å². The molecule has 9 heteroatoms. The van der Waals surface area contributed by atoms with Crippen LogP contribution in [0.25, 0.3) is 0 Å². The highest BCUT2D eigenvalue weighted by molar-refractivity contribution is 7.88. The SMILES string of the molecule is O=C(NCc1cccnc1)[C@@H]1CCCN(S(=O)(=O)Cc2c(Cl)cccc2Cl)C1. The van der Waals surface area contributed by atoms with Crippen LogP contribution in [-0.2, 0) is 27.1 Å². The number of rotatable bonds is 6. The van der Waals surface area contributed by atoms with Crippen molar-refractivity contribution < 1.29 is 13.2 Å². The first-order valence-electron chi connectivity index (χ1n) is 8.94. The molecule has 0 radical (unpaired) electrons. The molecule has 1 saturated heterocycles. The van der Waals surface area contributed by atoms with Gasteiger partial charge >= 0.3 is 0 Å². The van der Waals surface area contributed by atoms with Crippen molar-refractivity contribution in [1.29, 1.82) is 0 Å². The van der Waals surface area contributed by atoms with Crippen molar-refractivity contribution in [3.8, 4) is 0 Å². The summed E-state index contributed by atoms with van der Waals surface area (Å²) in [5.41, 5.74) is 1.28. The van der Waals surface area contributed by atoms with Gasteiger partial charge in [-0.25, -0.2) is 12.7 Å². The number of pyridine rings is 1. The third-order valence-electron chi connectivity index (χ3n) is 4.73. The Bertz CT molecular complexity index is 918. The standard InChI is InChI=1S/C19H21Cl2N3O3S/c20-17-6-1-7-18(21)16(17)13-28(26,27)24-9-3-5-15(12-24)19(25)23-11-14-4-2-8-22-10-14/h1-2,4,6-8,10,15H,3,5,9,11-13H2,(H,23,25)/t15-/m1/s1. The van der Waals surface area contributed by atoms with E-state index in [1.165, 1.54) is 4.31 Å². The van der Waals surface area contributed by atoms with E-state index in [-0.39, 0.29) is 24.1 Å². The van der Waals surface area contributed by atoms with Gasteiger partial charge in [-0.1, -0.05) is 35.3 Å². The lowest BCUT2D eigenvalue weighted by Gasteiger charge is -2.31. The molecule has 1 fully saturated rings. The van der Waals surface area contributed by atoms with Crippen LogP contribution in [0.1, 0.15) is 24.0 Å². The number of amides is 1. The summed E-state index contributed by atoms with van der Waals surface area (Å²) in [5.74, 6) is -0.823. The fraction of sp³-hybridized carbons (Fsp3) is 0.368. The average Bonchev–Trinajstić information content (AvgIpc) is 2.70. The van der Waals surface area contributed by atoms with Gasteiger partial charge in [0.25, 0.3) is 0 Å². The number of aromatic nitrogens is 1. The Balaban J connectivity index is 1.64. The fourth-order valence-corrected chi connectivity index (χ4v) is 5.55. The molecule has 6 nitrogen and oxygen atoms in total. The monoisotopic (exact) mass is 441 g/mol. The predicted octanol–water partition coefficient (Wildman–Crippen LogP) is 3.25.